The van der Waals surface area contributed by atoms with Gasteiger partial charge in [0.15, 0.2) is 5.22 Å². The van der Waals surface area contributed by atoms with Crippen LogP contribution in [0.3, 0.4) is 0 Å². The van der Waals surface area contributed by atoms with Crippen LogP contribution in [0.2, 0.25) is 5.22 Å². The molecule has 1 fully saturated rings. The third-order valence-corrected chi connectivity index (χ3v) is 3.40. The maximum absolute atomic E-state index is 5.71. The van der Waals surface area contributed by atoms with Crippen molar-refractivity contribution in [2.24, 2.45) is 5.92 Å². The first-order valence-corrected chi connectivity index (χ1v) is 6.19. The second kappa shape index (κ2) is 5.71. The Morgan fingerprint density at radius 2 is 2.19 bits per heavy atom. The molecule has 0 saturated carbocycles. The summed E-state index contributed by atoms with van der Waals surface area (Å²) < 4.78 is 10.7. The largest absolute Gasteiger partial charge is 0.448 e. The molecule has 2 heterocycles. The molecule has 0 aliphatic carbocycles. The minimum absolute atomic E-state index is 0.454. The van der Waals surface area contributed by atoms with Crippen LogP contribution in [0.15, 0.2) is 16.5 Å². The van der Waals surface area contributed by atoms with Gasteiger partial charge in [0.2, 0.25) is 0 Å². The Bertz CT molecular complexity index is 321. The molecule has 1 aliphatic heterocycles. The zero-order valence-electron chi connectivity index (χ0n) is 9.54. The predicted molar refractivity (Wildman–Crippen MR) is 63.6 cm³/mol. The molecule has 1 aliphatic rings. The average molecular weight is 244 g/mol. The van der Waals surface area contributed by atoms with Crippen molar-refractivity contribution in [3.05, 3.63) is 23.1 Å². The number of halogens is 1. The number of furan rings is 1. The summed E-state index contributed by atoms with van der Waals surface area (Å²) in [6, 6.07) is 4.18. The molecule has 0 amide bonds. The molecule has 1 N–H and O–H groups in total. The van der Waals surface area contributed by atoms with Gasteiger partial charge in [-0.1, -0.05) is 0 Å². The van der Waals surface area contributed by atoms with E-state index in [9.17, 15) is 0 Å². The second-order valence-electron chi connectivity index (χ2n) is 4.33. The molecule has 1 unspecified atom stereocenters. The average Bonchev–Trinajstić information content (AvgIpc) is 2.73. The summed E-state index contributed by atoms with van der Waals surface area (Å²) in [5.41, 5.74) is 0. The fourth-order valence-corrected chi connectivity index (χ4v) is 2.25. The van der Waals surface area contributed by atoms with Crippen LogP contribution in [0.25, 0.3) is 0 Å². The Hall–Kier alpha value is -0.510. The van der Waals surface area contributed by atoms with E-state index in [1.165, 1.54) is 0 Å². The monoisotopic (exact) mass is 243 g/mol. The van der Waals surface area contributed by atoms with E-state index >= 15 is 0 Å². The lowest BCUT2D eigenvalue weighted by molar-refractivity contribution is 0.0555. The normalized spacial score (nSPS) is 19.9. The zero-order chi connectivity index (χ0) is 11.4. The van der Waals surface area contributed by atoms with Gasteiger partial charge in [-0.3, -0.25) is 0 Å². The third-order valence-electron chi connectivity index (χ3n) is 3.20. The SMILES string of the molecule is CC(NCc1ccc(Cl)o1)C1CCOCC1. The van der Waals surface area contributed by atoms with E-state index in [0.717, 1.165) is 38.4 Å². The van der Waals surface area contributed by atoms with Crippen molar-refractivity contribution in [1.29, 1.82) is 0 Å². The van der Waals surface area contributed by atoms with Crippen LogP contribution in [-0.4, -0.2) is 19.3 Å². The highest BCUT2D eigenvalue weighted by atomic mass is 35.5. The van der Waals surface area contributed by atoms with Crippen molar-refractivity contribution < 1.29 is 9.15 Å². The molecule has 90 valence electrons. The predicted octanol–water partition coefficient (Wildman–Crippen LogP) is 2.84. The first-order valence-electron chi connectivity index (χ1n) is 5.81. The molecule has 0 spiro atoms. The smallest absolute Gasteiger partial charge is 0.193 e. The van der Waals surface area contributed by atoms with Crippen LogP contribution in [0.5, 0.6) is 0 Å². The van der Waals surface area contributed by atoms with E-state index in [1.807, 2.05) is 6.07 Å². The summed E-state index contributed by atoms with van der Waals surface area (Å²) in [7, 11) is 0. The molecule has 3 nitrogen and oxygen atoms in total. The molecule has 2 rings (SSSR count). The van der Waals surface area contributed by atoms with Gasteiger partial charge in [-0.2, -0.15) is 0 Å². The van der Waals surface area contributed by atoms with Crippen LogP contribution in [0.4, 0.5) is 0 Å². The van der Waals surface area contributed by atoms with Crippen LogP contribution in [-0.2, 0) is 11.3 Å². The number of nitrogens with one attached hydrogen (secondary N) is 1. The van der Waals surface area contributed by atoms with Crippen molar-refractivity contribution in [2.45, 2.75) is 32.4 Å². The maximum Gasteiger partial charge on any atom is 0.193 e. The summed E-state index contributed by atoms with van der Waals surface area (Å²) in [4.78, 5) is 0. The Kier molecular flexibility index (Phi) is 4.27. The second-order valence-corrected chi connectivity index (χ2v) is 4.70. The molecule has 1 atom stereocenters. The van der Waals surface area contributed by atoms with E-state index in [1.54, 1.807) is 6.07 Å². The van der Waals surface area contributed by atoms with E-state index < -0.39 is 0 Å². The zero-order valence-corrected chi connectivity index (χ0v) is 10.3. The Morgan fingerprint density at radius 3 is 2.81 bits per heavy atom. The lowest BCUT2D eigenvalue weighted by Gasteiger charge is -2.28. The standard InChI is InChI=1S/C12H18ClNO2/c1-9(10-4-6-15-7-5-10)14-8-11-2-3-12(13)16-11/h2-3,9-10,14H,4-8H2,1H3. The van der Waals surface area contributed by atoms with Gasteiger partial charge >= 0.3 is 0 Å². The summed E-state index contributed by atoms with van der Waals surface area (Å²) in [6.45, 7) is 4.75. The van der Waals surface area contributed by atoms with Gasteiger partial charge in [-0.15, -0.1) is 0 Å². The fourth-order valence-electron chi connectivity index (χ4n) is 2.09. The molecule has 1 saturated heterocycles. The van der Waals surface area contributed by atoms with Crippen molar-refractivity contribution in [3.8, 4) is 0 Å². The van der Waals surface area contributed by atoms with Crippen molar-refractivity contribution in [2.75, 3.05) is 13.2 Å². The first-order chi connectivity index (χ1) is 7.75. The Balaban J connectivity index is 1.76. The minimum atomic E-state index is 0.454. The van der Waals surface area contributed by atoms with Crippen LogP contribution >= 0.6 is 11.6 Å². The molecule has 16 heavy (non-hydrogen) atoms. The Labute approximate surface area is 101 Å². The third kappa shape index (κ3) is 3.24. The number of hydrogen-bond acceptors (Lipinski definition) is 3. The molecule has 1 aromatic heterocycles. The lowest BCUT2D eigenvalue weighted by atomic mass is 9.93. The van der Waals surface area contributed by atoms with Crippen LogP contribution in [0, 0.1) is 5.92 Å². The van der Waals surface area contributed by atoms with Gasteiger partial charge in [0.1, 0.15) is 5.76 Å². The van der Waals surface area contributed by atoms with Gasteiger partial charge in [0.05, 0.1) is 6.54 Å². The molecule has 0 aromatic carbocycles. The quantitative estimate of drug-likeness (QED) is 0.883. The van der Waals surface area contributed by atoms with Gasteiger partial charge in [-0.25, -0.2) is 0 Å². The first kappa shape index (κ1) is 12.0. The molecule has 0 bridgehead atoms. The highest BCUT2D eigenvalue weighted by Gasteiger charge is 2.20. The van der Waals surface area contributed by atoms with Gasteiger partial charge in [0.25, 0.3) is 0 Å². The molecule has 4 heteroatoms. The summed E-state index contributed by atoms with van der Waals surface area (Å²) >= 11 is 5.71. The number of ether oxygens (including phenoxy) is 1. The van der Waals surface area contributed by atoms with E-state index in [2.05, 4.69) is 12.2 Å². The molecule has 0 radical (unpaired) electrons. The summed E-state index contributed by atoms with van der Waals surface area (Å²) in [6.07, 6.45) is 2.29. The van der Waals surface area contributed by atoms with Gasteiger partial charge in [-0.05, 0) is 49.4 Å². The minimum Gasteiger partial charge on any atom is -0.448 e. The fraction of sp³-hybridized carbons (Fsp3) is 0.667. The highest BCUT2D eigenvalue weighted by molar-refractivity contribution is 6.28. The summed E-state index contributed by atoms with van der Waals surface area (Å²) in [5.74, 6) is 1.60. The van der Waals surface area contributed by atoms with Crippen LogP contribution < -0.4 is 5.32 Å². The van der Waals surface area contributed by atoms with E-state index in [0.29, 0.717) is 17.2 Å². The van der Waals surface area contributed by atoms with E-state index in [-0.39, 0.29) is 0 Å². The van der Waals surface area contributed by atoms with E-state index in [4.69, 9.17) is 20.8 Å². The molecular weight excluding hydrogens is 226 g/mol. The van der Waals surface area contributed by atoms with Crippen molar-refractivity contribution in [1.82, 2.24) is 5.32 Å². The van der Waals surface area contributed by atoms with Crippen molar-refractivity contribution >= 4 is 11.6 Å². The maximum atomic E-state index is 5.71. The highest BCUT2D eigenvalue weighted by Crippen LogP contribution is 2.19. The molecular formula is C12H18ClNO2. The Morgan fingerprint density at radius 1 is 1.44 bits per heavy atom. The number of hydrogen-bond donors (Lipinski definition) is 1. The van der Waals surface area contributed by atoms with Crippen molar-refractivity contribution in [3.63, 3.8) is 0 Å². The van der Waals surface area contributed by atoms with Gasteiger partial charge in [0, 0.05) is 19.3 Å². The van der Waals surface area contributed by atoms with Crippen LogP contribution in [0.1, 0.15) is 25.5 Å². The molecule has 1 aromatic rings. The van der Waals surface area contributed by atoms with Gasteiger partial charge < -0.3 is 14.5 Å². The topological polar surface area (TPSA) is 34.4 Å². The lowest BCUT2D eigenvalue weighted by Crippen LogP contribution is -2.36. The summed E-state index contributed by atoms with van der Waals surface area (Å²) in [5, 5.41) is 3.93. The number of rotatable bonds is 4.